The molecule has 0 unspecified atom stereocenters. The SMILES string of the molecule is Cc1nc(NC(=O)c2c(C)noc2C(C)C)sc1C. The quantitative estimate of drug-likeness (QED) is 0.934. The zero-order valence-electron chi connectivity index (χ0n) is 11.7. The molecule has 6 heteroatoms. The van der Waals surface area contributed by atoms with Crippen LogP contribution in [0.4, 0.5) is 5.13 Å². The Morgan fingerprint density at radius 3 is 2.47 bits per heavy atom. The second kappa shape index (κ2) is 5.13. The van der Waals surface area contributed by atoms with Crippen molar-refractivity contribution in [2.75, 3.05) is 5.32 Å². The molecule has 0 saturated heterocycles. The first-order chi connectivity index (χ1) is 8.90. The molecule has 2 rings (SSSR count). The smallest absolute Gasteiger partial charge is 0.262 e. The van der Waals surface area contributed by atoms with Crippen LogP contribution in [0.15, 0.2) is 4.52 Å². The first kappa shape index (κ1) is 13.7. The van der Waals surface area contributed by atoms with Gasteiger partial charge in [0.15, 0.2) is 10.9 Å². The number of hydrogen-bond acceptors (Lipinski definition) is 5. The Balaban J connectivity index is 2.27. The van der Waals surface area contributed by atoms with Gasteiger partial charge in [0.2, 0.25) is 0 Å². The van der Waals surface area contributed by atoms with Gasteiger partial charge in [-0.2, -0.15) is 0 Å². The molecule has 0 spiro atoms. The van der Waals surface area contributed by atoms with Gasteiger partial charge in [0.1, 0.15) is 5.56 Å². The summed E-state index contributed by atoms with van der Waals surface area (Å²) in [6, 6.07) is 0. The Kier molecular flexibility index (Phi) is 3.71. The van der Waals surface area contributed by atoms with Crippen LogP contribution in [0, 0.1) is 20.8 Å². The molecule has 1 N–H and O–H groups in total. The second-order valence-electron chi connectivity index (χ2n) is 4.78. The average Bonchev–Trinajstić information content (AvgIpc) is 2.83. The third-order valence-electron chi connectivity index (χ3n) is 2.89. The van der Waals surface area contributed by atoms with Crippen molar-refractivity contribution in [3.05, 3.63) is 27.6 Å². The summed E-state index contributed by atoms with van der Waals surface area (Å²) in [6.07, 6.45) is 0. The van der Waals surface area contributed by atoms with Crippen molar-refractivity contribution in [3.63, 3.8) is 0 Å². The van der Waals surface area contributed by atoms with Crippen molar-refractivity contribution in [2.24, 2.45) is 0 Å². The van der Waals surface area contributed by atoms with E-state index in [9.17, 15) is 4.79 Å². The maximum atomic E-state index is 12.3. The molecule has 0 radical (unpaired) electrons. The topological polar surface area (TPSA) is 68.0 Å². The molecule has 5 nitrogen and oxygen atoms in total. The molecular weight excluding hydrogens is 262 g/mol. The Morgan fingerprint density at radius 2 is 1.95 bits per heavy atom. The number of carbonyl (C=O) groups excluding carboxylic acids is 1. The van der Waals surface area contributed by atoms with Gasteiger partial charge in [-0.1, -0.05) is 19.0 Å². The lowest BCUT2D eigenvalue weighted by Crippen LogP contribution is -2.14. The van der Waals surface area contributed by atoms with Gasteiger partial charge >= 0.3 is 0 Å². The van der Waals surface area contributed by atoms with E-state index in [0.717, 1.165) is 10.6 Å². The van der Waals surface area contributed by atoms with Crippen LogP contribution in [0.25, 0.3) is 0 Å². The summed E-state index contributed by atoms with van der Waals surface area (Å²) in [5.74, 6) is 0.512. The zero-order chi connectivity index (χ0) is 14.2. The number of carbonyl (C=O) groups is 1. The largest absolute Gasteiger partial charge is 0.360 e. The molecule has 2 aromatic rings. The lowest BCUT2D eigenvalue weighted by molar-refractivity contribution is 0.102. The van der Waals surface area contributed by atoms with Crippen molar-refractivity contribution in [3.8, 4) is 0 Å². The Bertz CT molecular complexity index is 594. The van der Waals surface area contributed by atoms with Crippen LogP contribution in [0.5, 0.6) is 0 Å². The number of thiazole rings is 1. The number of aromatic nitrogens is 2. The van der Waals surface area contributed by atoms with Crippen LogP contribution in [-0.4, -0.2) is 16.0 Å². The van der Waals surface area contributed by atoms with E-state index in [2.05, 4.69) is 15.5 Å². The maximum Gasteiger partial charge on any atom is 0.262 e. The van der Waals surface area contributed by atoms with Crippen LogP contribution in [-0.2, 0) is 0 Å². The lowest BCUT2D eigenvalue weighted by atomic mass is 10.0. The minimum absolute atomic E-state index is 0.113. The maximum absolute atomic E-state index is 12.3. The fourth-order valence-electron chi connectivity index (χ4n) is 1.74. The van der Waals surface area contributed by atoms with Gasteiger partial charge in [-0.3, -0.25) is 10.1 Å². The number of amides is 1. The van der Waals surface area contributed by atoms with Gasteiger partial charge in [-0.25, -0.2) is 4.98 Å². The molecule has 2 aromatic heterocycles. The van der Waals surface area contributed by atoms with E-state index >= 15 is 0 Å². The van der Waals surface area contributed by atoms with E-state index in [1.165, 1.54) is 11.3 Å². The normalized spacial score (nSPS) is 11.1. The van der Waals surface area contributed by atoms with Crippen LogP contribution < -0.4 is 5.32 Å². The minimum atomic E-state index is -0.212. The first-order valence-electron chi connectivity index (χ1n) is 6.11. The monoisotopic (exact) mass is 279 g/mol. The van der Waals surface area contributed by atoms with Crippen LogP contribution in [0.1, 0.15) is 52.1 Å². The van der Waals surface area contributed by atoms with Crippen LogP contribution >= 0.6 is 11.3 Å². The highest BCUT2D eigenvalue weighted by atomic mass is 32.1. The van der Waals surface area contributed by atoms with Crippen molar-refractivity contribution in [1.82, 2.24) is 10.1 Å². The van der Waals surface area contributed by atoms with E-state index in [1.807, 2.05) is 27.7 Å². The Labute approximate surface area is 116 Å². The predicted molar refractivity (Wildman–Crippen MR) is 74.9 cm³/mol. The molecule has 0 fully saturated rings. The number of rotatable bonds is 3. The average molecular weight is 279 g/mol. The van der Waals surface area contributed by atoms with Crippen molar-refractivity contribution >= 4 is 22.4 Å². The lowest BCUT2D eigenvalue weighted by Gasteiger charge is -2.04. The summed E-state index contributed by atoms with van der Waals surface area (Å²) in [7, 11) is 0. The van der Waals surface area contributed by atoms with E-state index < -0.39 is 0 Å². The zero-order valence-corrected chi connectivity index (χ0v) is 12.5. The van der Waals surface area contributed by atoms with Gasteiger partial charge in [0, 0.05) is 10.8 Å². The number of aryl methyl sites for hydroxylation is 3. The van der Waals surface area contributed by atoms with Crippen LogP contribution in [0.3, 0.4) is 0 Å². The van der Waals surface area contributed by atoms with Gasteiger partial charge in [0.25, 0.3) is 5.91 Å². The highest BCUT2D eigenvalue weighted by Crippen LogP contribution is 2.25. The predicted octanol–water partition coefficient (Wildman–Crippen LogP) is 3.43. The summed E-state index contributed by atoms with van der Waals surface area (Å²) < 4.78 is 5.22. The van der Waals surface area contributed by atoms with Crippen molar-refractivity contribution < 1.29 is 9.32 Å². The third-order valence-corrected chi connectivity index (χ3v) is 3.88. The molecule has 0 saturated carbocycles. The summed E-state index contributed by atoms with van der Waals surface area (Å²) in [6.45, 7) is 9.60. The molecule has 0 atom stereocenters. The molecule has 0 aliphatic carbocycles. The third kappa shape index (κ3) is 2.68. The molecule has 1 amide bonds. The molecule has 102 valence electrons. The molecule has 0 aromatic carbocycles. The number of hydrogen-bond donors (Lipinski definition) is 1. The van der Waals surface area contributed by atoms with Crippen molar-refractivity contribution in [2.45, 2.75) is 40.5 Å². The number of nitrogens with zero attached hydrogens (tertiary/aromatic N) is 2. The number of nitrogens with one attached hydrogen (secondary N) is 1. The summed E-state index contributed by atoms with van der Waals surface area (Å²) in [5.41, 5.74) is 2.05. The second-order valence-corrected chi connectivity index (χ2v) is 5.98. The molecule has 19 heavy (non-hydrogen) atoms. The van der Waals surface area contributed by atoms with Gasteiger partial charge in [-0.15, -0.1) is 11.3 Å². The molecular formula is C13H17N3O2S. The molecule has 0 aliphatic heterocycles. The summed E-state index contributed by atoms with van der Waals surface area (Å²) >= 11 is 1.47. The van der Waals surface area contributed by atoms with Gasteiger partial charge < -0.3 is 4.52 Å². The van der Waals surface area contributed by atoms with Gasteiger partial charge in [-0.05, 0) is 20.8 Å². The molecule has 2 heterocycles. The van der Waals surface area contributed by atoms with E-state index in [1.54, 1.807) is 6.92 Å². The fraction of sp³-hybridized carbons (Fsp3) is 0.462. The Hall–Kier alpha value is -1.69. The van der Waals surface area contributed by atoms with E-state index in [4.69, 9.17) is 4.52 Å². The molecule has 0 aliphatic rings. The standard InChI is InChI=1S/C13H17N3O2S/c1-6(2)11-10(8(4)16-18-11)12(17)15-13-14-7(3)9(5)19-13/h6H,1-5H3,(H,14,15,17). The molecule has 0 bridgehead atoms. The highest BCUT2D eigenvalue weighted by Gasteiger charge is 2.23. The summed E-state index contributed by atoms with van der Waals surface area (Å²) in [4.78, 5) is 17.7. The Morgan fingerprint density at radius 1 is 1.26 bits per heavy atom. The van der Waals surface area contributed by atoms with Crippen molar-refractivity contribution in [1.29, 1.82) is 0 Å². The van der Waals surface area contributed by atoms with E-state index in [0.29, 0.717) is 22.1 Å². The van der Waals surface area contributed by atoms with Gasteiger partial charge in [0.05, 0.1) is 11.4 Å². The van der Waals surface area contributed by atoms with E-state index in [-0.39, 0.29) is 11.8 Å². The summed E-state index contributed by atoms with van der Waals surface area (Å²) in [5, 5.41) is 7.29. The highest BCUT2D eigenvalue weighted by molar-refractivity contribution is 7.15. The number of anilines is 1. The first-order valence-corrected chi connectivity index (χ1v) is 6.93. The minimum Gasteiger partial charge on any atom is -0.360 e. The fourth-order valence-corrected chi connectivity index (χ4v) is 2.55. The van der Waals surface area contributed by atoms with Crippen LogP contribution in [0.2, 0.25) is 0 Å².